The van der Waals surface area contributed by atoms with Crippen molar-refractivity contribution in [2.24, 2.45) is 5.73 Å². The quantitative estimate of drug-likeness (QED) is 0.328. The van der Waals surface area contributed by atoms with Gasteiger partial charge in [-0.25, -0.2) is 5.48 Å². The molecule has 1 unspecified atom stereocenters. The molecule has 1 atom stereocenters. The average Bonchev–Trinajstić information content (AvgIpc) is 3.18. The molecule has 1 aromatic carbocycles. The first kappa shape index (κ1) is 22.0. The SMILES string of the molecule is CSC(C)(C)C(NC(=O)c1ccc(C#Cc2ccc(CN)s2)cc1)C(=O)NO. The summed E-state index contributed by atoms with van der Waals surface area (Å²) in [7, 11) is 0. The zero-order valence-corrected chi connectivity index (χ0v) is 17.5. The van der Waals surface area contributed by atoms with Gasteiger partial charge in [-0.15, -0.1) is 11.3 Å². The first-order valence-electron chi connectivity index (χ1n) is 8.51. The lowest BCUT2D eigenvalue weighted by Crippen LogP contribution is -2.55. The molecule has 0 saturated carbocycles. The number of rotatable bonds is 6. The molecule has 0 aliphatic heterocycles. The summed E-state index contributed by atoms with van der Waals surface area (Å²) in [6.45, 7) is 4.13. The Morgan fingerprint density at radius 1 is 1.21 bits per heavy atom. The van der Waals surface area contributed by atoms with E-state index >= 15 is 0 Å². The fourth-order valence-electron chi connectivity index (χ4n) is 2.35. The predicted molar refractivity (Wildman–Crippen MR) is 113 cm³/mol. The number of nitrogens with one attached hydrogen (secondary N) is 2. The van der Waals surface area contributed by atoms with E-state index in [4.69, 9.17) is 10.9 Å². The van der Waals surface area contributed by atoms with E-state index in [0.717, 1.165) is 15.3 Å². The van der Waals surface area contributed by atoms with Crippen LogP contribution in [0.4, 0.5) is 0 Å². The van der Waals surface area contributed by atoms with Crippen LogP contribution >= 0.6 is 23.1 Å². The highest BCUT2D eigenvalue weighted by Gasteiger charge is 2.36. The number of nitrogens with two attached hydrogens (primary N) is 1. The number of hydrogen-bond donors (Lipinski definition) is 4. The number of carbonyl (C=O) groups excluding carboxylic acids is 2. The lowest BCUT2D eigenvalue weighted by atomic mass is 10.0. The summed E-state index contributed by atoms with van der Waals surface area (Å²) in [5.41, 5.74) is 8.39. The molecule has 1 aromatic heterocycles. The Bertz CT molecular complexity index is 895. The molecule has 0 radical (unpaired) electrons. The molecule has 0 fully saturated rings. The predicted octanol–water partition coefficient (Wildman–Crippen LogP) is 2.35. The molecule has 0 aliphatic rings. The number of benzene rings is 1. The third-order valence-corrected chi connectivity index (χ3v) is 6.52. The second kappa shape index (κ2) is 9.75. The summed E-state index contributed by atoms with van der Waals surface area (Å²) in [6.07, 6.45) is 1.83. The van der Waals surface area contributed by atoms with Gasteiger partial charge < -0.3 is 11.1 Å². The van der Waals surface area contributed by atoms with Crippen LogP contribution in [-0.2, 0) is 11.3 Å². The second-order valence-corrected chi connectivity index (χ2v) is 9.12. The van der Waals surface area contributed by atoms with Gasteiger partial charge in [-0.2, -0.15) is 11.8 Å². The molecule has 5 N–H and O–H groups in total. The van der Waals surface area contributed by atoms with E-state index in [-0.39, 0.29) is 0 Å². The molecule has 6 nitrogen and oxygen atoms in total. The summed E-state index contributed by atoms with van der Waals surface area (Å²) in [6, 6.07) is 9.80. The number of thiophene rings is 1. The Morgan fingerprint density at radius 3 is 2.43 bits per heavy atom. The highest BCUT2D eigenvalue weighted by Crippen LogP contribution is 2.26. The van der Waals surface area contributed by atoms with Gasteiger partial charge in [0, 0.05) is 27.3 Å². The second-order valence-electron chi connectivity index (χ2n) is 6.49. The van der Waals surface area contributed by atoms with Gasteiger partial charge in [0.05, 0.1) is 4.88 Å². The van der Waals surface area contributed by atoms with Crippen molar-refractivity contribution in [2.45, 2.75) is 31.2 Å². The minimum Gasteiger partial charge on any atom is -0.339 e. The van der Waals surface area contributed by atoms with Crippen molar-refractivity contribution in [1.82, 2.24) is 10.8 Å². The maximum Gasteiger partial charge on any atom is 0.267 e. The number of hydrogen-bond acceptors (Lipinski definition) is 6. The number of thioether (sulfide) groups is 1. The highest BCUT2D eigenvalue weighted by atomic mass is 32.2. The average molecular weight is 418 g/mol. The van der Waals surface area contributed by atoms with Crippen molar-refractivity contribution in [1.29, 1.82) is 0 Å². The Hall–Kier alpha value is -2.31. The first-order chi connectivity index (χ1) is 13.3. The van der Waals surface area contributed by atoms with Crippen molar-refractivity contribution < 1.29 is 14.8 Å². The van der Waals surface area contributed by atoms with E-state index in [1.165, 1.54) is 11.8 Å². The molecule has 0 saturated heterocycles. The zero-order chi connectivity index (χ0) is 20.7. The largest absolute Gasteiger partial charge is 0.339 e. The van der Waals surface area contributed by atoms with Crippen molar-refractivity contribution >= 4 is 34.9 Å². The molecular weight excluding hydrogens is 394 g/mol. The van der Waals surface area contributed by atoms with Crippen molar-refractivity contribution in [3.8, 4) is 11.8 Å². The summed E-state index contributed by atoms with van der Waals surface area (Å²) in [5.74, 6) is 5.06. The minimum atomic E-state index is -0.893. The van der Waals surface area contributed by atoms with Crippen LogP contribution in [0, 0.1) is 11.8 Å². The lowest BCUT2D eigenvalue weighted by molar-refractivity contribution is -0.131. The Morgan fingerprint density at radius 2 is 1.89 bits per heavy atom. The molecule has 148 valence electrons. The Labute approximate surface area is 172 Å². The van der Waals surface area contributed by atoms with Crippen LogP contribution in [0.3, 0.4) is 0 Å². The summed E-state index contributed by atoms with van der Waals surface area (Å²) in [4.78, 5) is 26.5. The Balaban J connectivity index is 2.11. The molecule has 0 aliphatic carbocycles. The fourth-order valence-corrected chi connectivity index (χ4v) is 3.49. The van der Waals surface area contributed by atoms with Gasteiger partial charge in [0.15, 0.2) is 0 Å². The van der Waals surface area contributed by atoms with Gasteiger partial charge in [0.1, 0.15) is 6.04 Å². The monoisotopic (exact) mass is 417 g/mol. The normalized spacial score (nSPS) is 11.9. The smallest absolute Gasteiger partial charge is 0.267 e. The lowest BCUT2D eigenvalue weighted by Gasteiger charge is -2.31. The van der Waals surface area contributed by atoms with Crippen molar-refractivity contribution in [3.05, 3.63) is 57.3 Å². The standard InChI is InChI=1S/C20H23N3O3S2/c1-20(2,27-3)17(19(25)23-26)22-18(24)14-7-4-13(5-8-14)6-9-15-10-11-16(12-21)28-15/h4-5,7-8,10-11,17,26H,12,21H2,1-3H3,(H,22,24)(H,23,25). The van der Waals surface area contributed by atoms with E-state index in [0.29, 0.717) is 12.1 Å². The van der Waals surface area contributed by atoms with Crippen LogP contribution in [-0.4, -0.2) is 34.1 Å². The number of hydroxylamine groups is 1. The molecule has 8 heteroatoms. The molecule has 1 heterocycles. The molecule has 28 heavy (non-hydrogen) atoms. The van der Waals surface area contributed by atoms with Crippen LogP contribution in [0.25, 0.3) is 0 Å². The third kappa shape index (κ3) is 5.59. The minimum absolute atomic E-state index is 0.402. The molecule has 2 aromatic rings. The summed E-state index contributed by atoms with van der Waals surface area (Å²) < 4.78 is -0.600. The van der Waals surface area contributed by atoms with Gasteiger partial charge in [-0.1, -0.05) is 11.8 Å². The third-order valence-electron chi connectivity index (χ3n) is 4.21. The van der Waals surface area contributed by atoms with E-state index < -0.39 is 22.6 Å². The van der Waals surface area contributed by atoms with Gasteiger partial charge in [0.25, 0.3) is 11.8 Å². The highest BCUT2D eigenvalue weighted by molar-refractivity contribution is 8.00. The molecular formula is C20H23N3O3S2. The fraction of sp³-hybridized carbons (Fsp3) is 0.300. The van der Waals surface area contributed by atoms with Crippen LogP contribution in [0.5, 0.6) is 0 Å². The van der Waals surface area contributed by atoms with Crippen LogP contribution in [0.2, 0.25) is 0 Å². The van der Waals surface area contributed by atoms with Gasteiger partial charge in [-0.05, 0) is 56.5 Å². The van der Waals surface area contributed by atoms with E-state index in [2.05, 4.69) is 17.2 Å². The van der Waals surface area contributed by atoms with Gasteiger partial charge >= 0.3 is 0 Å². The molecule has 2 rings (SSSR count). The van der Waals surface area contributed by atoms with Crippen LogP contribution in [0.1, 0.15) is 39.5 Å². The van der Waals surface area contributed by atoms with E-state index in [1.807, 2.05) is 32.2 Å². The number of amides is 2. The van der Waals surface area contributed by atoms with Crippen LogP contribution in [0.15, 0.2) is 36.4 Å². The summed E-state index contributed by atoms with van der Waals surface area (Å²) >= 11 is 2.97. The van der Waals surface area contributed by atoms with E-state index in [9.17, 15) is 9.59 Å². The number of carbonyl (C=O) groups is 2. The van der Waals surface area contributed by atoms with Crippen LogP contribution < -0.4 is 16.5 Å². The summed E-state index contributed by atoms with van der Waals surface area (Å²) in [5, 5.41) is 11.7. The molecule has 2 amide bonds. The molecule has 0 spiro atoms. The maximum absolute atomic E-state index is 12.5. The van der Waals surface area contributed by atoms with Gasteiger partial charge in [-0.3, -0.25) is 14.8 Å². The van der Waals surface area contributed by atoms with Crippen molar-refractivity contribution in [3.63, 3.8) is 0 Å². The maximum atomic E-state index is 12.5. The topological polar surface area (TPSA) is 104 Å². The molecule has 0 bridgehead atoms. The van der Waals surface area contributed by atoms with Crippen molar-refractivity contribution in [2.75, 3.05) is 6.26 Å². The first-order valence-corrected chi connectivity index (χ1v) is 10.6. The zero-order valence-electron chi connectivity index (χ0n) is 15.9. The van der Waals surface area contributed by atoms with Gasteiger partial charge in [0.2, 0.25) is 0 Å². The Kier molecular flexibility index (Phi) is 7.66. The van der Waals surface area contributed by atoms with E-state index in [1.54, 1.807) is 41.1 Å².